The molecule has 0 saturated carbocycles. The molecule has 9 heteroatoms. The molecule has 0 aliphatic heterocycles. The average Bonchev–Trinajstić information content (AvgIpc) is 2.64. The summed E-state index contributed by atoms with van der Waals surface area (Å²) in [6.45, 7) is -0.0211. The van der Waals surface area contributed by atoms with Gasteiger partial charge in [0.1, 0.15) is 6.61 Å². The molecule has 8 nitrogen and oxygen atoms in total. The molecule has 0 bridgehead atoms. The van der Waals surface area contributed by atoms with Crippen LogP contribution < -0.4 is 5.56 Å². The zero-order chi connectivity index (χ0) is 18.7. The molecule has 0 atom stereocenters. The molecule has 1 heterocycles. The van der Waals surface area contributed by atoms with Crippen molar-refractivity contribution in [3.63, 3.8) is 0 Å². The first kappa shape index (κ1) is 17.6. The Morgan fingerprint density at radius 1 is 1.27 bits per heavy atom. The van der Waals surface area contributed by atoms with Gasteiger partial charge in [-0.3, -0.25) is 19.5 Å². The Bertz CT molecular complexity index is 1060. The first-order valence-electron chi connectivity index (χ1n) is 7.52. The lowest BCUT2D eigenvalue weighted by Gasteiger charge is -2.08. The topological polar surface area (TPSA) is 104 Å². The number of nitro groups is 1. The molecule has 0 spiro atoms. The smallest absolute Gasteiger partial charge is 0.339 e. The van der Waals surface area contributed by atoms with E-state index in [1.807, 2.05) is 0 Å². The van der Waals surface area contributed by atoms with Crippen LogP contribution in [0.4, 0.5) is 5.69 Å². The molecule has 0 aliphatic rings. The molecular formula is C17H12ClN3O5. The highest BCUT2D eigenvalue weighted by atomic mass is 35.5. The molecule has 132 valence electrons. The van der Waals surface area contributed by atoms with Gasteiger partial charge in [-0.05, 0) is 18.2 Å². The average molecular weight is 374 g/mol. The van der Waals surface area contributed by atoms with Gasteiger partial charge >= 0.3 is 5.97 Å². The summed E-state index contributed by atoms with van der Waals surface area (Å²) in [5.41, 5.74) is -0.0460. The van der Waals surface area contributed by atoms with Gasteiger partial charge in [0, 0.05) is 12.1 Å². The molecular weight excluding hydrogens is 362 g/mol. The maximum absolute atomic E-state index is 12.3. The number of fused-ring (bicyclic) bond motifs is 1. The highest BCUT2D eigenvalue weighted by Gasteiger charge is 2.17. The molecule has 2 aromatic carbocycles. The summed E-state index contributed by atoms with van der Waals surface area (Å²) < 4.78 is 6.41. The van der Waals surface area contributed by atoms with Gasteiger partial charge in [0.2, 0.25) is 0 Å². The standard InChI is InChI=1S/C17H12ClN3O5/c18-14-6-5-11(21(24)25)9-13(14)17(23)26-8-7-20-10-19-15-4-2-1-3-12(15)16(20)22/h1-6,9-10H,7-8H2. The summed E-state index contributed by atoms with van der Waals surface area (Å²) in [7, 11) is 0. The number of ether oxygens (including phenoxy) is 1. The zero-order valence-electron chi connectivity index (χ0n) is 13.3. The second-order valence-electron chi connectivity index (χ2n) is 5.32. The van der Waals surface area contributed by atoms with Crippen LogP contribution in [0.1, 0.15) is 10.4 Å². The van der Waals surface area contributed by atoms with Crippen molar-refractivity contribution in [2.24, 2.45) is 0 Å². The highest BCUT2D eigenvalue weighted by molar-refractivity contribution is 6.33. The van der Waals surface area contributed by atoms with Gasteiger partial charge in [-0.2, -0.15) is 0 Å². The molecule has 0 unspecified atom stereocenters. The van der Waals surface area contributed by atoms with Crippen molar-refractivity contribution in [1.29, 1.82) is 0 Å². The molecule has 0 aliphatic carbocycles. The van der Waals surface area contributed by atoms with Crippen LogP contribution >= 0.6 is 11.6 Å². The number of hydrogen-bond acceptors (Lipinski definition) is 6. The minimum Gasteiger partial charge on any atom is -0.460 e. The largest absolute Gasteiger partial charge is 0.460 e. The number of benzene rings is 2. The lowest BCUT2D eigenvalue weighted by molar-refractivity contribution is -0.384. The molecule has 0 saturated heterocycles. The van der Waals surface area contributed by atoms with E-state index in [1.165, 1.54) is 23.0 Å². The summed E-state index contributed by atoms with van der Waals surface area (Å²) in [4.78, 5) is 38.8. The van der Waals surface area contributed by atoms with Gasteiger partial charge in [-0.1, -0.05) is 23.7 Å². The monoisotopic (exact) mass is 373 g/mol. The van der Waals surface area contributed by atoms with Gasteiger partial charge in [0.05, 0.1) is 39.3 Å². The van der Waals surface area contributed by atoms with E-state index in [4.69, 9.17) is 16.3 Å². The maximum Gasteiger partial charge on any atom is 0.339 e. The third kappa shape index (κ3) is 3.55. The minimum absolute atomic E-state index is 0.0464. The van der Waals surface area contributed by atoms with Crippen molar-refractivity contribution in [3.05, 3.63) is 79.8 Å². The quantitative estimate of drug-likeness (QED) is 0.387. The van der Waals surface area contributed by atoms with Crippen LogP contribution in [-0.2, 0) is 11.3 Å². The number of carbonyl (C=O) groups excluding carboxylic acids is 1. The highest BCUT2D eigenvalue weighted by Crippen LogP contribution is 2.22. The van der Waals surface area contributed by atoms with Gasteiger partial charge < -0.3 is 4.74 Å². The number of carbonyl (C=O) groups is 1. The number of non-ortho nitro benzene ring substituents is 1. The van der Waals surface area contributed by atoms with Crippen LogP contribution in [0.2, 0.25) is 5.02 Å². The van der Waals surface area contributed by atoms with Crippen LogP contribution in [0, 0.1) is 10.1 Å². The predicted molar refractivity (Wildman–Crippen MR) is 94.4 cm³/mol. The van der Waals surface area contributed by atoms with Crippen molar-refractivity contribution in [1.82, 2.24) is 9.55 Å². The lowest BCUT2D eigenvalue weighted by Crippen LogP contribution is -2.23. The van der Waals surface area contributed by atoms with Crippen molar-refractivity contribution < 1.29 is 14.5 Å². The van der Waals surface area contributed by atoms with Crippen molar-refractivity contribution >= 4 is 34.2 Å². The summed E-state index contributed by atoms with van der Waals surface area (Å²) in [6.07, 6.45) is 1.37. The Labute approximate surface area is 151 Å². The Balaban J connectivity index is 1.71. The van der Waals surface area contributed by atoms with Crippen molar-refractivity contribution in [2.45, 2.75) is 6.54 Å². The third-order valence-corrected chi connectivity index (χ3v) is 4.01. The number of aromatic nitrogens is 2. The zero-order valence-corrected chi connectivity index (χ0v) is 14.0. The predicted octanol–water partition coefficient (Wildman–Crippen LogP) is 2.82. The Morgan fingerprint density at radius 2 is 2.04 bits per heavy atom. The Morgan fingerprint density at radius 3 is 2.81 bits per heavy atom. The number of hydrogen-bond donors (Lipinski definition) is 0. The van der Waals surface area contributed by atoms with E-state index in [1.54, 1.807) is 24.3 Å². The Kier molecular flexibility index (Phi) is 4.94. The number of esters is 1. The third-order valence-electron chi connectivity index (χ3n) is 3.68. The van der Waals surface area contributed by atoms with Crippen LogP contribution in [0.25, 0.3) is 10.9 Å². The lowest BCUT2D eigenvalue weighted by atomic mass is 10.2. The SMILES string of the molecule is O=C(OCCn1cnc2ccccc2c1=O)c1cc([N+](=O)[O-])ccc1Cl. The number of nitro benzene ring substituents is 1. The van der Waals surface area contributed by atoms with Crippen molar-refractivity contribution in [3.8, 4) is 0 Å². The van der Waals surface area contributed by atoms with E-state index in [0.717, 1.165) is 6.07 Å². The molecule has 1 aromatic heterocycles. The fourth-order valence-corrected chi connectivity index (χ4v) is 2.56. The number of halogens is 1. The van der Waals surface area contributed by atoms with Gasteiger partial charge in [0.15, 0.2) is 0 Å². The van der Waals surface area contributed by atoms with E-state index >= 15 is 0 Å². The van der Waals surface area contributed by atoms with E-state index < -0.39 is 10.9 Å². The van der Waals surface area contributed by atoms with E-state index in [9.17, 15) is 19.7 Å². The molecule has 0 fully saturated rings. The van der Waals surface area contributed by atoms with Gasteiger partial charge in [-0.15, -0.1) is 0 Å². The fourth-order valence-electron chi connectivity index (χ4n) is 2.36. The number of para-hydroxylation sites is 1. The second-order valence-corrected chi connectivity index (χ2v) is 5.72. The summed E-state index contributed by atoms with van der Waals surface area (Å²) in [5.74, 6) is -0.805. The second kappa shape index (κ2) is 7.32. The molecule has 26 heavy (non-hydrogen) atoms. The molecule has 0 N–H and O–H groups in total. The minimum atomic E-state index is -0.805. The van der Waals surface area contributed by atoms with E-state index in [-0.39, 0.29) is 35.0 Å². The Hall–Kier alpha value is -3.26. The van der Waals surface area contributed by atoms with Crippen LogP contribution in [0.5, 0.6) is 0 Å². The van der Waals surface area contributed by atoms with Crippen LogP contribution in [0.3, 0.4) is 0 Å². The molecule has 3 rings (SSSR count). The first-order chi connectivity index (χ1) is 12.5. The first-order valence-corrected chi connectivity index (χ1v) is 7.90. The summed E-state index contributed by atoms with van der Waals surface area (Å²) >= 11 is 5.89. The van der Waals surface area contributed by atoms with Crippen LogP contribution in [-0.4, -0.2) is 27.1 Å². The molecule has 0 amide bonds. The van der Waals surface area contributed by atoms with E-state index in [0.29, 0.717) is 10.9 Å². The molecule has 0 radical (unpaired) electrons. The number of rotatable bonds is 5. The molecule has 3 aromatic rings. The normalized spacial score (nSPS) is 10.7. The van der Waals surface area contributed by atoms with Crippen molar-refractivity contribution in [2.75, 3.05) is 6.61 Å². The van der Waals surface area contributed by atoms with E-state index in [2.05, 4.69) is 4.98 Å². The summed E-state index contributed by atoms with van der Waals surface area (Å²) in [5, 5.41) is 11.3. The maximum atomic E-state index is 12.3. The van der Waals surface area contributed by atoms with Crippen LogP contribution in [0.15, 0.2) is 53.6 Å². The number of nitrogens with zero attached hydrogens (tertiary/aromatic N) is 3. The summed E-state index contributed by atoms with van der Waals surface area (Å²) in [6, 6.07) is 10.4. The van der Waals surface area contributed by atoms with Gasteiger partial charge in [-0.25, -0.2) is 9.78 Å². The van der Waals surface area contributed by atoms with Gasteiger partial charge in [0.25, 0.3) is 11.2 Å². The fraction of sp³-hybridized carbons (Fsp3) is 0.118.